The lowest BCUT2D eigenvalue weighted by molar-refractivity contribution is -0.180. The predicted molar refractivity (Wildman–Crippen MR) is 175 cm³/mol. The van der Waals surface area contributed by atoms with Gasteiger partial charge < -0.3 is 9.47 Å². The van der Waals surface area contributed by atoms with Gasteiger partial charge in [-0.25, -0.2) is 9.78 Å². The van der Waals surface area contributed by atoms with Crippen molar-refractivity contribution >= 4 is 35.1 Å². The first-order chi connectivity index (χ1) is 22.1. The summed E-state index contributed by atoms with van der Waals surface area (Å²) in [7, 11) is 0. The lowest BCUT2D eigenvalue weighted by Gasteiger charge is -2.44. The molecule has 1 aliphatic rings. The normalized spacial score (nSPS) is 16.2. The summed E-state index contributed by atoms with van der Waals surface area (Å²) in [4.78, 5) is 59.5. The molecule has 1 fully saturated rings. The zero-order valence-electron chi connectivity index (χ0n) is 26.3. The molecule has 0 N–H and O–H groups in total. The minimum Gasteiger partial charge on any atom is -0.460 e. The van der Waals surface area contributed by atoms with Crippen LogP contribution in [0.3, 0.4) is 0 Å². The third kappa shape index (κ3) is 8.34. The van der Waals surface area contributed by atoms with E-state index in [1.807, 2.05) is 112 Å². The Morgan fingerprint density at radius 1 is 0.891 bits per heavy atom. The van der Waals surface area contributed by atoms with Crippen LogP contribution >= 0.6 is 11.3 Å². The quantitative estimate of drug-likeness (QED) is 0.133. The van der Waals surface area contributed by atoms with Crippen LogP contribution in [0.1, 0.15) is 66.1 Å². The Morgan fingerprint density at radius 2 is 1.48 bits per heavy atom. The molecule has 8 nitrogen and oxygen atoms in total. The molecular formula is C37H38N2O6S. The molecule has 46 heavy (non-hydrogen) atoms. The molecule has 9 heteroatoms. The molecule has 5 rings (SSSR count). The van der Waals surface area contributed by atoms with E-state index in [-0.39, 0.29) is 37.2 Å². The molecule has 0 radical (unpaired) electrons. The van der Waals surface area contributed by atoms with E-state index in [0.29, 0.717) is 17.8 Å². The van der Waals surface area contributed by atoms with Gasteiger partial charge in [0.25, 0.3) is 0 Å². The molecule has 0 bridgehead atoms. The number of imide groups is 1. The van der Waals surface area contributed by atoms with Crippen LogP contribution in [0.2, 0.25) is 0 Å². The van der Waals surface area contributed by atoms with Gasteiger partial charge in [-0.15, -0.1) is 11.3 Å². The lowest BCUT2D eigenvalue weighted by atomic mass is 9.81. The maximum Gasteiger partial charge on any atom is 0.330 e. The van der Waals surface area contributed by atoms with Crippen LogP contribution in [0.4, 0.5) is 0 Å². The number of nitrogens with zero attached hydrogens (tertiary/aromatic N) is 2. The first kappa shape index (κ1) is 32.8. The fourth-order valence-corrected chi connectivity index (χ4v) is 6.53. The molecule has 238 valence electrons. The van der Waals surface area contributed by atoms with Crippen molar-refractivity contribution in [2.45, 2.75) is 70.6 Å². The monoisotopic (exact) mass is 638 g/mol. The molecule has 2 heterocycles. The highest BCUT2D eigenvalue weighted by atomic mass is 32.1. The first-order valence-corrected chi connectivity index (χ1v) is 16.2. The molecule has 0 spiro atoms. The van der Waals surface area contributed by atoms with Crippen LogP contribution in [-0.2, 0) is 48.1 Å². The van der Waals surface area contributed by atoms with Crippen molar-refractivity contribution in [3.63, 3.8) is 0 Å². The third-order valence-electron chi connectivity index (χ3n) is 7.75. The van der Waals surface area contributed by atoms with Gasteiger partial charge in [0.1, 0.15) is 23.3 Å². The summed E-state index contributed by atoms with van der Waals surface area (Å²) in [5.74, 6) is -2.77. The second-order valence-electron chi connectivity index (χ2n) is 12.3. The van der Waals surface area contributed by atoms with Crippen LogP contribution < -0.4 is 0 Å². The topological polar surface area (TPSA) is 103 Å². The van der Waals surface area contributed by atoms with Gasteiger partial charge in [0, 0.05) is 23.4 Å². The average molecular weight is 639 g/mol. The number of carbonyl (C=O) groups excluding carboxylic acids is 4. The van der Waals surface area contributed by atoms with Crippen molar-refractivity contribution in [3.05, 3.63) is 124 Å². The van der Waals surface area contributed by atoms with E-state index < -0.39 is 29.4 Å². The van der Waals surface area contributed by atoms with Crippen molar-refractivity contribution < 1.29 is 28.7 Å². The van der Waals surface area contributed by atoms with E-state index >= 15 is 0 Å². The van der Waals surface area contributed by atoms with Gasteiger partial charge >= 0.3 is 11.9 Å². The second kappa shape index (κ2) is 14.6. The van der Waals surface area contributed by atoms with Crippen molar-refractivity contribution in [1.82, 2.24) is 9.88 Å². The Bertz CT molecular complexity index is 1610. The van der Waals surface area contributed by atoms with Gasteiger partial charge in [0.15, 0.2) is 0 Å². The predicted octanol–water partition coefficient (Wildman–Crippen LogP) is 6.28. The van der Waals surface area contributed by atoms with Crippen molar-refractivity contribution in [2.24, 2.45) is 5.92 Å². The first-order valence-electron chi connectivity index (χ1n) is 15.4. The number of β-lactam (4-membered cyclic amide) rings is 1. The van der Waals surface area contributed by atoms with Gasteiger partial charge in [-0.2, -0.15) is 0 Å². The van der Waals surface area contributed by atoms with Crippen LogP contribution in [0.5, 0.6) is 0 Å². The van der Waals surface area contributed by atoms with Gasteiger partial charge in [-0.05, 0) is 50.3 Å². The highest BCUT2D eigenvalue weighted by Gasteiger charge is 2.55. The Morgan fingerprint density at radius 3 is 2.07 bits per heavy atom. The average Bonchev–Trinajstić information content (AvgIpc) is 3.48. The zero-order chi connectivity index (χ0) is 32.7. The summed E-state index contributed by atoms with van der Waals surface area (Å²) in [5.41, 5.74) is 2.12. The largest absolute Gasteiger partial charge is 0.460 e. The van der Waals surface area contributed by atoms with Crippen molar-refractivity contribution in [1.29, 1.82) is 0 Å². The minimum absolute atomic E-state index is 0.0256. The van der Waals surface area contributed by atoms with Crippen LogP contribution in [0.15, 0.2) is 97.2 Å². The van der Waals surface area contributed by atoms with Crippen molar-refractivity contribution in [3.8, 4) is 0 Å². The number of benzene rings is 3. The van der Waals surface area contributed by atoms with E-state index in [2.05, 4.69) is 4.98 Å². The Kier molecular flexibility index (Phi) is 10.4. The number of hydrogen-bond acceptors (Lipinski definition) is 8. The highest BCUT2D eigenvalue weighted by molar-refractivity contribution is 7.11. The lowest BCUT2D eigenvalue weighted by Crippen LogP contribution is -2.66. The van der Waals surface area contributed by atoms with Gasteiger partial charge in [-0.1, -0.05) is 91.0 Å². The fraction of sp³-hybridized carbons (Fsp3) is 0.324. The standard InChI is InChI=1S/C37H38N2O6S/c1-37(2,3)45-33(41)22-31-38-23-28(46-31)19-20-29-34(36(43)44-24-25-13-7-4-8-14-25)39(35(29)42)32(40)21-30(26-15-9-5-10-16-26)27-17-11-6-12-18-27/h4-18,23,29-30,34H,19-22,24H2,1-3H3/t29?,34-/m0/s1. The van der Waals surface area contributed by atoms with E-state index in [1.54, 1.807) is 6.20 Å². The van der Waals surface area contributed by atoms with Crippen LogP contribution in [0.25, 0.3) is 0 Å². The van der Waals surface area contributed by atoms with E-state index in [0.717, 1.165) is 26.5 Å². The number of likely N-dealkylation sites (tertiary alicyclic amines) is 1. The zero-order valence-corrected chi connectivity index (χ0v) is 27.1. The smallest absolute Gasteiger partial charge is 0.330 e. The summed E-state index contributed by atoms with van der Waals surface area (Å²) in [6.45, 7) is 5.48. The van der Waals surface area contributed by atoms with E-state index in [4.69, 9.17) is 9.47 Å². The van der Waals surface area contributed by atoms with Gasteiger partial charge in [0.05, 0.1) is 12.3 Å². The molecule has 1 aromatic heterocycles. The molecule has 2 atom stereocenters. The number of thiazole rings is 1. The number of rotatable bonds is 12. The molecule has 0 aliphatic carbocycles. The van der Waals surface area contributed by atoms with Gasteiger partial charge in [0.2, 0.25) is 11.8 Å². The molecule has 4 aromatic rings. The molecule has 1 unspecified atom stereocenters. The molecule has 3 aromatic carbocycles. The minimum atomic E-state index is -1.02. The summed E-state index contributed by atoms with van der Waals surface area (Å²) >= 11 is 1.37. The summed E-state index contributed by atoms with van der Waals surface area (Å²) in [6.07, 6.45) is 2.57. The number of esters is 2. The number of amides is 2. The van der Waals surface area contributed by atoms with Gasteiger partial charge in [-0.3, -0.25) is 19.3 Å². The fourth-order valence-electron chi connectivity index (χ4n) is 5.61. The number of carbonyl (C=O) groups is 4. The Balaban J connectivity index is 1.31. The number of aryl methyl sites for hydroxylation is 1. The molecular weight excluding hydrogens is 600 g/mol. The summed E-state index contributed by atoms with van der Waals surface area (Å²) < 4.78 is 11.1. The molecule has 0 saturated carbocycles. The Hall–Kier alpha value is -4.63. The van der Waals surface area contributed by atoms with Crippen LogP contribution in [0, 0.1) is 5.92 Å². The van der Waals surface area contributed by atoms with Crippen LogP contribution in [-0.4, -0.2) is 45.3 Å². The number of aromatic nitrogens is 1. The molecule has 1 saturated heterocycles. The molecule has 1 aliphatic heterocycles. The highest BCUT2D eigenvalue weighted by Crippen LogP contribution is 2.36. The van der Waals surface area contributed by atoms with E-state index in [1.165, 1.54) is 11.3 Å². The number of ether oxygens (including phenoxy) is 2. The van der Waals surface area contributed by atoms with Crippen molar-refractivity contribution in [2.75, 3.05) is 0 Å². The maximum absolute atomic E-state index is 13.9. The molecule has 2 amide bonds. The SMILES string of the molecule is CC(C)(C)OC(=O)Cc1ncc(CCC2C(=O)N(C(=O)CC(c3ccccc3)c3ccccc3)[C@@H]2C(=O)OCc2ccccc2)s1. The Labute approximate surface area is 273 Å². The number of hydrogen-bond donors (Lipinski definition) is 0. The summed E-state index contributed by atoms with van der Waals surface area (Å²) in [5, 5.41) is 0.618. The maximum atomic E-state index is 13.9. The second-order valence-corrected chi connectivity index (χ2v) is 13.5. The summed E-state index contributed by atoms with van der Waals surface area (Å²) in [6, 6.07) is 27.6. The van der Waals surface area contributed by atoms with E-state index in [9.17, 15) is 19.2 Å². The third-order valence-corrected chi connectivity index (χ3v) is 8.81.